The maximum atomic E-state index is 11.6. The fraction of sp³-hybridized carbons (Fsp3) is 0.812. The predicted octanol–water partition coefficient (Wildman–Crippen LogP) is -3.40. The van der Waals surface area contributed by atoms with Gasteiger partial charge in [-0.05, 0) is 0 Å². The molecule has 2 aliphatic heterocycles. The Hall–Kier alpha value is -1.15. The summed E-state index contributed by atoms with van der Waals surface area (Å²) in [5.41, 5.74) is 0. The Morgan fingerprint density at radius 2 is 1.93 bits per heavy atom. The summed E-state index contributed by atoms with van der Waals surface area (Å²) in [6.45, 7) is 3.98. The number of aliphatic hydroxyl groups excluding tert-OH is 5. The van der Waals surface area contributed by atoms with E-state index in [-0.39, 0.29) is 13.2 Å². The molecule has 0 spiro atoms. The molecule has 0 aromatic carbocycles. The maximum absolute atomic E-state index is 11.6. The van der Waals surface area contributed by atoms with E-state index in [0.29, 0.717) is 0 Å². The van der Waals surface area contributed by atoms with Crippen molar-refractivity contribution in [2.75, 3.05) is 19.8 Å². The number of rotatable bonds is 7. The van der Waals surface area contributed by atoms with Gasteiger partial charge in [0.25, 0.3) is 0 Å². The normalized spacial score (nSPS) is 42.5. The molecule has 0 aromatic heterocycles. The summed E-state index contributed by atoms with van der Waals surface area (Å²) in [6, 6.07) is -1.01. The number of ether oxygens (including phenoxy) is 4. The van der Waals surface area contributed by atoms with Crippen LogP contribution in [0, 0.1) is 0 Å². The summed E-state index contributed by atoms with van der Waals surface area (Å²) in [6.07, 6.45) is -9.14. The van der Waals surface area contributed by atoms with Gasteiger partial charge in [0, 0.05) is 6.92 Å². The van der Waals surface area contributed by atoms with Gasteiger partial charge in [-0.3, -0.25) is 4.79 Å². The molecular formula is C16H27NO10. The van der Waals surface area contributed by atoms with Crippen LogP contribution in [-0.4, -0.2) is 107 Å². The second kappa shape index (κ2) is 9.87. The first kappa shape index (κ1) is 22.1. The number of carbonyl (C=O) groups excluding carboxylic acids is 1. The van der Waals surface area contributed by atoms with Gasteiger partial charge in [0.1, 0.15) is 42.7 Å². The van der Waals surface area contributed by atoms with E-state index in [1.807, 2.05) is 0 Å². The van der Waals surface area contributed by atoms with Gasteiger partial charge in [-0.15, -0.1) is 6.58 Å². The first-order chi connectivity index (χ1) is 12.8. The number of hydrogen-bond donors (Lipinski definition) is 6. The largest absolute Gasteiger partial charge is 0.394 e. The Morgan fingerprint density at radius 3 is 2.52 bits per heavy atom. The van der Waals surface area contributed by atoms with Crippen molar-refractivity contribution < 1.29 is 49.3 Å². The molecule has 6 N–H and O–H groups in total. The quantitative estimate of drug-likeness (QED) is 0.240. The topological polar surface area (TPSA) is 167 Å². The zero-order chi connectivity index (χ0) is 20.1. The summed E-state index contributed by atoms with van der Waals surface area (Å²) >= 11 is 0. The molecule has 2 fully saturated rings. The molecule has 27 heavy (non-hydrogen) atoms. The molecule has 0 bridgehead atoms. The van der Waals surface area contributed by atoms with Crippen LogP contribution in [0.1, 0.15) is 6.92 Å². The maximum Gasteiger partial charge on any atom is 0.217 e. The van der Waals surface area contributed by atoms with Gasteiger partial charge in [-0.2, -0.15) is 0 Å². The molecule has 0 aromatic rings. The Morgan fingerprint density at radius 1 is 1.22 bits per heavy atom. The Labute approximate surface area is 156 Å². The van der Waals surface area contributed by atoms with E-state index >= 15 is 0 Å². The average molecular weight is 393 g/mol. The minimum absolute atomic E-state index is 0.0647. The van der Waals surface area contributed by atoms with E-state index in [9.17, 15) is 30.3 Å². The monoisotopic (exact) mass is 393 g/mol. The molecule has 2 saturated heterocycles. The zero-order valence-corrected chi connectivity index (χ0v) is 14.9. The van der Waals surface area contributed by atoms with E-state index in [2.05, 4.69) is 11.9 Å². The molecule has 0 aliphatic carbocycles. The molecule has 11 nitrogen and oxygen atoms in total. The summed E-state index contributed by atoms with van der Waals surface area (Å²) in [4.78, 5) is 11.6. The van der Waals surface area contributed by atoms with E-state index in [1.165, 1.54) is 13.0 Å². The number of carbonyl (C=O) groups is 1. The Kier molecular flexibility index (Phi) is 8.09. The number of nitrogens with one attached hydrogen (secondary N) is 1. The van der Waals surface area contributed by atoms with Gasteiger partial charge in [-0.1, -0.05) is 6.08 Å². The summed E-state index contributed by atoms with van der Waals surface area (Å²) in [5.74, 6) is -0.459. The Bertz CT molecular complexity index is 506. The minimum Gasteiger partial charge on any atom is -0.394 e. The number of aliphatic hydroxyl groups is 5. The summed E-state index contributed by atoms with van der Waals surface area (Å²) in [7, 11) is 0. The third-order valence-electron chi connectivity index (χ3n) is 4.35. The van der Waals surface area contributed by atoms with E-state index in [1.54, 1.807) is 0 Å². The molecule has 156 valence electrons. The molecule has 0 unspecified atom stereocenters. The van der Waals surface area contributed by atoms with Crippen LogP contribution in [0.4, 0.5) is 0 Å². The van der Waals surface area contributed by atoms with Crippen molar-refractivity contribution in [3.05, 3.63) is 12.7 Å². The van der Waals surface area contributed by atoms with Crippen molar-refractivity contribution in [1.29, 1.82) is 0 Å². The van der Waals surface area contributed by atoms with Crippen molar-refractivity contribution in [3.63, 3.8) is 0 Å². The lowest BCUT2D eigenvalue weighted by Gasteiger charge is -2.46. The Balaban J connectivity index is 2.22. The van der Waals surface area contributed by atoms with Crippen molar-refractivity contribution in [2.24, 2.45) is 0 Å². The zero-order valence-electron chi connectivity index (χ0n) is 14.9. The SMILES string of the molecule is C=CCO[C@H]1O[C@H](CO)[C@H](O)[C@H](O[C@@H]2OC[C@H](O)[C@H](O)[C@H]2O)[C@H]1NC(C)=O. The molecule has 1 amide bonds. The highest BCUT2D eigenvalue weighted by molar-refractivity contribution is 5.73. The minimum atomic E-state index is -1.60. The summed E-state index contributed by atoms with van der Waals surface area (Å²) in [5, 5.41) is 51.9. The average Bonchev–Trinajstić information content (AvgIpc) is 2.63. The molecule has 2 heterocycles. The number of amides is 1. The molecule has 0 radical (unpaired) electrons. The highest BCUT2D eigenvalue weighted by Crippen LogP contribution is 2.28. The van der Waals surface area contributed by atoms with Crippen LogP contribution in [0.15, 0.2) is 12.7 Å². The van der Waals surface area contributed by atoms with Crippen molar-refractivity contribution in [1.82, 2.24) is 5.32 Å². The lowest BCUT2D eigenvalue weighted by atomic mass is 9.96. The standard InChI is InChI=1S/C16H27NO10/c1-3-4-24-15-10(17-7(2)19)14(12(22)9(5-18)26-15)27-16-13(23)11(21)8(20)6-25-16/h3,8-16,18,20-23H,1,4-6H2,2H3,(H,17,19)/t8-,9+,10+,11-,12-,13+,14+,15-,16-/m0/s1. The van der Waals surface area contributed by atoms with E-state index in [4.69, 9.17) is 18.9 Å². The lowest BCUT2D eigenvalue weighted by molar-refractivity contribution is -0.329. The van der Waals surface area contributed by atoms with Crippen LogP contribution in [0.3, 0.4) is 0 Å². The summed E-state index contributed by atoms with van der Waals surface area (Å²) < 4.78 is 21.8. The van der Waals surface area contributed by atoms with Gasteiger partial charge in [-0.25, -0.2) is 0 Å². The van der Waals surface area contributed by atoms with Crippen LogP contribution in [0.5, 0.6) is 0 Å². The van der Waals surface area contributed by atoms with Crippen LogP contribution < -0.4 is 5.32 Å². The van der Waals surface area contributed by atoms with Crippen molar-refractivity contribution in [2.45, 2.75) is 62.2 Å². The van der Waals surface area contributed by atoms with Crippen LogP contribution >= 0.6 is 0 Å². The van der Waals surface area contributed by atoms with Gasteiger partial charge >= 0.3 is 0 Å². The fourth-order valence-electron chi connectivity index (χ4n) is 2.98. The van der Waals surface area contributed by atoms with Crippen molar-refractivity contribution >= 4 is 5.91 Å². The first-order valence-corrected chi connectivity index (χ1v) is 8.55. The van der Waals surface area contributed by atoms with E-state index < -0.39 is 67.8 Å². The molecule has 11 heteroatoms. The molecule has 2 rings (SSSR count). The van der Waals surface area contributed by atoms with Gasteiger partial charge in [0.2, 0.25) is 5.91 Å². The lowest BCUT2D eigenvalue weighted by Crippen LogP contribution is -2.67. The fourth-order valence-corrected chi connectivity index (χ4v) is 2.98. The smallest absolute Gasteiger partial charge is 0.217 e. The van der Waals surface area contributed by atoms with Gasteiger partial charge in [0.05, 0.1) is 19.8 Å². The van der Waals surface area contributed by atoms with E-state index in [0.717, 1.165) is 0 Å². The predicted molar refractivity (Wildman–Crippen MR) is 88.1 cm³/mol. The third kappa shape index (κ3) is 5.22. The van der Waals surface area contributed by atoms with Gasteiger partial charge in [0.15, 0.2) is 12.6 Å². The molecular weight excluding hydrogens is 366 g/mol. The number of hydrogen-bond acceptors (Lipinski definition) is 10. The van der Waals surface area contributed by atoms with Gasteiger partial charge < -0.3 is 49.8 Å². The second-order valence-corrected chi connectivity index (χ2v) is 6.42. The van der Waals surface area contributed by atoms with Crippen LogP contribution in [0.25, 0.3) is 0 Å². The van der Waals surface area contributed by atoms with Crippen LogP contribution in [-0.2, 0) is 23.7 Å². The highest BCUT2D eigenvalue weighted by atomic mass is 16.7. The first-order valence-electron chi connectivity index (χ1n) is 8.55. The molecule has 2 aliphatic rings. The highest BCUT2D eigenvalue weighted by Gasteiger charge is 2.50. The van der Waals surface area contributed by atoms with Crippen LogP contribution in [0.2, 0.25) is 0 Å². The molecule has 0 saturated carbocycles. The molecule has 9 atom stereocenters. The third-order valence-corrected chi connectivity index (χ3v) is 4.35. The van der Waals surface area contributed by atoms with Crippen molar-refractivity contribution in [3.8, 4) is 0 Å². The second-order valence-electron chi connectivity index (χ2n) is 6.42.